The Kier molecular flexibility index (Phi) is 4.77. The first-order valence-electron chi connectivity index (χ1n) is 8.28. The zero-order chi connectivity index (χ0) is 19.5. The Morgan fingerprint density at radius 3 is 2.82 bits per heavy atom. The highest BCUT2D eigenvalue weighted by molar-refractivity contribution is 7.14. The lowest BCUT2D eigenvalue weighted by Crippen LogP contribution is -2.03. The van der Waals surface area contributed by atoms with Gasteiger partial charge in [-0.2, -0.15) is 5.10 Å². The van der Waals surface area contributed by atoms with Crippen molar-refractivity contribution in [1.29, 1.82) is 0 Å². The number of methoxy groups -OCH3 is 1. The van der Waals surface area contributed by atoms with Gasteiger partial charge in [-0.1, -0.05) is 0 Å². The van der Waals surface area contributed by atoms with Gasteiger partial charge in [-0.05, 0) is 48.0 Å². The Morgan fingerprint density at radius 1 is 1.21 bits per heavy atom. The third-order valence-corrected chi connectivity index (χ3v) is 4.74. The van der Waals surface area contributed by atoms with Gasteiger partial charge >= 0.3 is 5.63 Å². The van der Waals surface area contributed by atoms with Crippen LogP contribution >= 0.6 is 11.3 Å². The Labute approximate surface area is 163 Å². The van der Waals surface area contributed by atoms with Crippen molar-refractivity contribution in [2.75, 3.05) is 12.5 Å². The Balaban J connectivity index is 1.53. The van der Waals surface area contributed by atoms with E-state index in [0.717, 1.165) is 11.3 Å². The van der Waals surface area contributed by atoms with E-state index >= 15 is 0 Å². The molecule has 0 aliphatic carbocycles. The van der Waals surface area contributed by atoms with E-state index in [9.17, 15) is 9.90 Å². The van der Waals surface area contributed by atoms with Gasteiger partial charge in [-0.3, -0.25) is 5.43 Å². The van der Waals surface area contributed by atoms with Crippen molar-refractivity contribution in [2.24, 2.45) is 5.10 Å². The second-order valence-corrected chi connectivity index (χ2v) is 6.71. The number of aromatic nitrogens is 1. The van der Waals surface area contributed by atoms with Crippen LogP contribution in [0.2, 0.25) is 0 Å². The zero-order valence-corrected chi connectivity index (χ0v) is 15.6. The summed E-state index contributed by atoms with van der Waals surface area (Å²) in [5.41, 5.74) is 4.42. The lowest BCUT2D eigenvalue weighted by Gasteiger charge is -2.00. The van der Waals surface area contributed by atoms with Crippen molar-refractivity contribution in [3.05, 3.63) is 69.9 Å². The van der Waals surface area contributed by atoms with Gasteiger partial charge in [0.25, 0.3) is 0 Å². The van der Waals surface area contributed by atoms with Crippen LogP contribution in [0.3, 0.4) is 0 Å². The Bertz CT molecular complexity index is 1210. The van der Waals surface area contributed by atoms with E-state index in [2.05, 4.69) is 15.5 Å². The molecule has 0 unspecified atom stereocenters. The number of thiazole rings is 1. The van der Waals surface area contributed by atoms with Crippen LogP contribution in [0.1, 0.15) is 5.56 Å². The van der Waals surface area contributed by atoms with Gasteiger partial charge in [0, 0.05) is 16.8 Å². The van der Waals surface area contributed by atoms with Crippen LogP contribution in [0.5, 0.6) is 11.5 Å². The van der Waals surface area contributed by atoms with Crippen molar-refractivity contribution < 1.29 is 14.3 Å². The highest BCUT2D eigenvalue weighted by Crippen LogP contribution is 2.26. The number of fused-ring (bicyclic) bond motifs is 1. The summed E-state index contributed by atoms with van der Waals surface area (Å²) in [5.74, 6) is 0.817. The molecule has 0 aliphatic heterocycles. The molecule has 0 spiro atoms. The SMILES string of the molecule is COc1ccc(/C=N\Nc2nc(-c3cc4ccc(O)cc4oc3=O)cs2)cc1. The number of rotatable bonds is 5. The maximum atomic E-state index is 12.3. The second kappa shape index (κ2) is 7.53. The summed E-state index contributed by atoms with van der Waals surface area (Å²) < 4.78 is 10.4. The van der Waals surface area contributed by atoms with Crippen molar-refractivity contribution >= 4 is 33.7 Å². The summed E-state index contributed by atoms with van der Waals surface area (Å²) in [6, 6.07) is 13.8. The number of ether oxygens (including phenoxy) is 1. The molecule has 4 aromatic rings. The van der Waals surface area contributed by atoms with E-state index in [-0.39, 0.29) is 5.75 Å². The van der Waals surface area contributed by atoms with Crippen molar-refractivity contribution in [3.8, 4) is 22.8 Å². The molecule has 0 bridgehead atoms. The van der Waals surface area contributed by atoms with Crippen molar-refractivity contribution in [1.82, 2.24) is 4.98 Å². The number of nitrogens with zero attached hydrogens (tertiary/aromatic N) is 2. The summed E-state index contributed by atoms with van der Waals surface area (Å²) in [7, 11) is 1.62. The van der Waals surface area contributed by atoms with Crippen LogP contribution in [0.4, 0.5) is 5.13 Å². The molecule has 7 nitrogen and oxygen atoms in total. The zero-order valence-electron chi connectivity index (χ0n) is 14.7. The van der Waals surface area contributed by atoms with Gasteiger partial charge in [0.2, 0.25) is 5.13 Å². The lowest BCUT2D eigenvalue weighted by molar-refractivity contribution is 0.415. The molecule has 2 heterocycles. The number of aromatic hydroxyl groups is 1. The molecule has 0 aliphatic rings. The largest absolute Gasteiger partial charge is 0.508 e. The average Bonchev–Trinajstić information content (AvgIpc) is 3.16. The number of anilines is 1. The molecular weight excluding hydrogens is 378 g/mol. The summed E-state index contributed by atoms with van der Waals surface area (Å²) >= 11 is 1.33. The van der Waals surface area contributed by atoms with Gasteiger partial charge in [0.05, 0.1) is 24.6 Å². The Hall–Kier alpha value is -3.65. The molecule has 140 valence electrons. The molecule has 2 aromatic carbocycles. The number of hydrogen-bond acceptors (Lipinski definition) is 8. The van der Waals surface area contributed by atoms with Gasteiger partial charge in [0.1, 0.15) is 17.1 Å². The van der Waals surface area contributed by atoms with Crippen LogP contribution in [0, 0.1) is 0 Å². The quantitative estimate of drug-likeness (QED) is 0.301. The molecule has 0 saturated heterocycles. The predicted octanol–water partition coefficient (Wildman–Crippen LogP) is 4.08. The second-order valence-electron chi connectivity index (χ2n) is 5.85. The minimum absolute atomic E-state index is 0.0401. The number of benzene rings is 2. The molecule has 28 heavy (non-hydrogen) atoms. The van der Waals surface area contributed by atoms with Crippen LogP contribution in [-0.2, 0) is 0 Å². The standard InChI is InChI=1S/C20H15N3O4S/c1-26-15-6-2-12(3-7-15)10-21-23-20-22-17(11-28-20)16-8-13-4-5-14(24)9-18(13)27-19(16)25/h2-11,24H,1H3,(H,22,23)/b21-10-. The molecule has 0 saturated carbocycles. The molecule has 8 heteroatoms. The molecule has 0 radical (unpaired) electrons. The molecule has 2 N–H and O–H groups in total. The van der Waals surface area contributed by atoms with E-state index in [1.165, 1.54) is 23.5 Å². The van der Waals surface area contributed by atoms with Crippen molar-refractivity contribution in [2.45, 2.75) is 0 Å². The van der Waals surface area contributed by atoms with E-state index in [4.69, 9.17) is 9.15 Å². The fourth-order valence-electron chi connectivity index (χ4n) is 2.58. The monoisotopic (exact) mass is 393 g/mol. The average molecular weight is 393 g/mol. The molecule has 0 fully saturated rings. The minimum Gasteiger partial charge on any atom is -0.508 e. The summed E-state index contributed by atoms with van der Waals surface area (Å²) in [5, 5.41) is 16.7. The number of phenols is 1. The molecule has 0 atom stereocenters. The first kappa shape index (κ1) is 17.7. The van der Waals surface area contributed by atoms with Gasteiger partial charge in [-0.25, -0.2) is 9.78 Å². The highest BCUT2D eigenvalue weighted by Gasteiger charge is 2.12. The van der Waals surface area contributed by atoms with Crippen LogP contribution in [0.15, 0.2) is 68.2 Å². The van der Waals surface area contributed by atoms with Gasteiger partial charge in [-0.15, -0.1) is 11.3 Å². The smallest absolute Gasteiger partial charge is 0.345 e. The van der Waals surface area contributed by atoms with Crippen LogP contribution in [-0.4, -0.2) is 23.4 Å². The maximum absolute atomic E-state index is 12.3. The lowest BCUT2D eigenvalue weighted by atomic mass is 10.1. The summed E-state index contributed by atoms with van der Waals surface area (Å²) in [6.45, 7) is 0. The molecule has 4 rings (SSSR count). The maximum Gasteiger partial charge on any atom is 0.345 e. The number of hydrazone groups is 1. The predicted molar refractivity (Wildman–Crippen MR) is 109 cm³/mol. The van der Waals surface area contributed by atoms with Gasteiger partial charge in [0.15, 0.2) is 0 Å². The third-order valence-electron chi connectivity index (χ3n) is 3.99. The van der Waals surface area contributed by atoms with E-state index in [0.29, 0.717) is 27.4 Å². The van der Waals surface area contributed by atoms with E-state index in [1.54, 1.807) is 30.8 Å². The number of nitrogens with one attached hydrogen (secondary N) is 1. The Morgan fingerprint density at radius 2 is 2.04 bits per heavy atom. The summed E-state index contributed by atoms with van der Waals surface area (Å²) in [4.78, 5) is 16.7. The van der Waals surface area contributed by atoms with Crippen LogP contribution < -0.4 is 15.8 Å². The topological polar surface area (TPSA) is 96.9 Å². The first-order valence-corrected chi connectivity index (χ1v) is 9.16. The summed E-state index contributed by atoms with van der Waals surface area (Å²) in [6.07, 6.45) is 1.66. The number of phenolic OH excluding ortho intramolecular Hbond substituents is 1. The minimum atomic E-state index is -0.517. The van der Waals surface area contributed by atoms with Crippen LogP contribution in [0.25, 0.3) is 22.2 Å². The highest BCUT2D eigenvalue weighted by atomic mass is 32.1. The first-order chi connectivity index (χ1) is 13.6. The normalized spacial score (nSPS) is 11.2. The molecule has 0 amide bonds. The van der Waals surface area contributed by atoms with E-state index in [1.807, 2.05) is 24.3 Å². The number of hydrogen-bond donors (Lipinski definition) is 2. The van der Waals surface area contributed by atoms with Gasteiger partial charge < -0.3 is 14.3 Å². The molecular formula is C20H15N3O4S. The fourth-order valence-corrected chi connectivity index (χ4v) is 3.24. The van der Waals surface area contributed by atoms with E-state index < -0.39 is 5.63 Å². The van der Waals surface area contributed by atoms with Crippen molar-refractivity contribution in [3.63, 3.8) is 0 Å². The molecule has 2 aromatic heterocycles. The third kappa shape index (κ3) is 3.72. The fraction of sp³-hybridized carbons (Fsp3) is 0.0500.